The van der Waals surface area contributed by atoms with Crippen molar-refractivity contribution in [3.63, 3.8) is 0 Å². The Labute approximate surface area is 110 Å². The third kappa shape index (κ3) is 11.3. The molecule has 0 aliphatic carbocycles. The van der Waals surface area contributed by atoms with Crippen LogP contribution >= 0.6 is 0 Å². The van der Waals surface area contributed by atoms with Gasteiger partial charge in [0.05, 0.1) is 0 Å². The first-order chi connectivity index (χ1) is 8.17. The zero-order valence-corrected chi connectivity index (χ0v) is 13.3. The maximum absolute atomic E-state index is 3.68. The van der Waals surface area contributed by atoms with Crippen LogP contribution in [0.25, 0.3) is 0 Å². The van der Waals surface area contributed by atoms with E-state index in [-0.39, 0.29) is 0 Å². The minimum atomic E-state index is 1.04. The highest BCUT2D eigenvalue weighted by atomic mass is 15.1. The van der Waals surface area contributed by atoms with E-state index in [1.165, 1.54) is 11.3 Å². The van der Waals surface area contributed by atoms with Crippen LogP contribution in [0.15, 0.2) is 36.1 Å². The highest BCUT2D eigenvalue weighted by Crippen LogP contribution is 2.12. The van der Waals surface area contributed by atoms with Gasteiger partial charge in [0, 0.05) is 19.3 Å². The predicted octanol–water partition coefficient (Wildman–Crippen LogP) is 5.42. The van der Waals surface area contributed by atoms with E-state index in [1.807, 2.05) is 39.8 Å². The fraction of sp³-hybridized carbons (Fsp3) is 0.625. The van der Waals surface area contributed by atoms with Gasteiger partial charge >= 0.3 is 0 Å². The molecule has 0 aromatic carbocycles. The highest BCUT2D eigenvalue weighted by Gasteiger charge is 2.01. The van der Waals surface area contributed by atoms with Gasteiger partial charge in [-0.1, -0.05) is 58.9 Å². The summed E-state index contributed by atoms with van der Waals surface area (Å²) >= 11 is 0. The van der Waals surface area contributed by atoms with Crippen LogP contribution in [-0.4, -0.2) is 18.5 Å². The molecule has 0 saturated carbocycles. The van der Waals surface area contributed by atoms with Crippen molar-refractivity contribution in [1.82, 2.24) is 4.90 Å². The van der Waals surface area contributed by atoms with Crippen LogP contribution in [0.2, 0.25) is 0 Å². The van der Waals surface area contributed by atoms with E-state index in [9.17, 15) is 0 Å². The lowest BCUT2D eigenvalue weighted by atomic mass is 10.1. The molecule has 1 nitrogen and oxygen atoms in total. The zero-order chi connectivity index (χ0) is 14.3. The van der Waals surface area contributed by atoms with Gasteiger partial charge in [-0.2, -0.15) is 0 Å². The molecule has 0 heterocycles. The zero-order valence-electron chi connectivity index (χ0n) is 13.3. The van der Waals surface area contributed by atoms with Crippen LogP contribution in [0, 0.1) is 0 Å². The standard InChI is InChI=1S/C12H21N.2C2H6/c1-6-9-10-12(11(4)7-2)13(5)8-3;2*1-2/h6,9-10H,1,7-8H2,2-5H3;2*1-2H3/b10-9-,12-11-;;. The summed E-state index contributed by atoms with van der Waals surface area (Å²) in [7, 11) is 2.11. The summed E-state index contributed by atoms with van der Waals surface area (Å²) in [6.45, 7) is 19.2. The van der Waals surface area contributed by atoms with Gasteiger partial charge in [-0.05, 0) is 26.3 Å². The van der Waals surface area contributed by atoms with E-state index in [0.717, 1.165) is 13.0 Å². The molecule has 0 unspecified atom stereocenters. The Balaban J connectivity index is -0.000000439. The second kappa shape index (κ2) is 17.4. The Morgan fingerprint density at radius 2 is 1.59 bits per heavy atom. The first-order valence-electron chi connectivity index (χ1n) is 6.87. The average molecular weight is 239 g/mol. The molecule has 0 N–H and O–H groups in total. The average Bonchev–Trinajstić information content (AvgIpc) is 2.42. The van der Waals surface area contributed by atoms with Crippen LogP contribution in [0.4, 0.5) is 0 Å². The maximum atomic E-state index is 3.68. The summed E-state index contributed by atoms with van der Waals surface area (Å²) in [4.78, 5) is 2.25. The smallest absolute Gasteiger partial charge is 0.0352 e. The van der Waals surface area contributed by atoms with Gasteiger partial charge < -0.3 is 4.90 Å². The van der Waals surface area contributed by atoms with Crippen LogP contribution in [0.3, 0.4) is 0 Å². The quantitative estimate of drug-likeness (QED) is 0.579. The van der Waals surface area contributed by atoms with Crippen LogP contribution < -0.4 is 0 Å². The number of likely N-dealkylation sites (N-methyl/N-ethyl adjacent to an activating group) is 1. The fourth-order valence-corrected chi connectivity index (χ4v) is 1.11. The van der Waals surface area contributed by atoms with E-state index in [2.05, 4.69) is 45.4 Å². The van der Waals surface area contributed by atoms with E-state index >= 15 is 0 Å². The summed E-state index contributed by atoms with van der Waals surface area (Å²) in [5.41, 5.74) is 2.73. The molecule has 0 radical (unpaired) electrons. The first kappa shape index (κ1) is 21.3. The minimum Gasteiger partial charge on any atom is -0.375 e. The summed E-state index contributed by atoms with van der Waals surface area (Å²) < 4.78 is 0. The Morgan fingerprint density at radius 3 is 1.88 bits per heavy atom. The molecule has 0 bridgehead atoms. The van der Waals surface area contributed by atoms with Gasteiger partial charge in [-0.25, -0.2) is 0 Å². The Hall–Kier alpha value is -0.980. The Morgan fingerprint density at radius 1 is 1.12 bits per heavy atom. The van der Waals surface area contributed by atoms with Crippen molar-refractivity contribution in [2.24, 2.45) is 0 Å². The van der Waals surface area contributed by atoms with Crippen molar-refractivity contribution in [2.75, 3.05) is 13.6 Å². The molecule has 0 amide bonds. The molecule has 0 fully saturated rings. The molecular formula is C16H33N. The second-order valence-corrected chi connectivity index (χ2v) is 3.13. The van der Waals surface area contributed by atoms with E-state index in [1.54, 1.807) is 0 Å². The maximum Gasteiger partial charge on any atom is 0.0352 e. The number of hydrogen-bond donors (Lipinski definition) is 0. The van der Waals surface area contributed by atoms with Gasteiger partial charge in [0.2, 0.25) is 0 Å². The molecular weight excluding hydrogens is 206 g/mol. The Kier molecular flexibility index (Phi) is 21.8. The summed E-state index contributed by atoms with van der Waals surface area (Å²) in [5.74, 6) is 0. The van der Waals surface area contributed by atoms with Gasteiger partial charge in [0.25, 0.3) is 0 Å². The van der Waals surface area contributed by atoms with Crippen molar-refractivity contribution >= 4 is 0 Å². The van der Waals surface area contributed by atoms with Crippen molar-refractivity contribution in [3.8, 4) is 0 Å². The largest absolute Gasteiger partial charge is 0.375 e. The van der Waals surface area contributed by atoms with E-state index < -0.39 is 0 Å². The van der Waals surface area contributed by atoms with Crippen LogP contribution in [0.1, 0.15) is 54.9 Å². The van der Waals surface area contributed by atoms with Crippen LogP contribution in [-0.2, 0) is 0 Å². The third-order valence-corrected chi connectivity index (χ3v) is 2.24. The Bertz CT molecular complexity index is 212. The molecule has 102 valence electrons. The third-order valence-electron chi connectivity index (χ3n) is 2.24. The van der Waals surface area contributed by atoms with Crippen molar-refractivity contribution in [2.45, 2.75) is 54.9 Å². The van der Waals surface area contributed by atoms with E-state index in [4.69, 9.17) is 0 Å². The molecule has 0 aliphatic heterocycles. The monoisotopic (exact) mass is 239 g/mol. The number of nitrogens with zero attached hydrogens (tertiary/aromatic N) is 1. The SMILES string of the molecule is C=C/C=C\C(=C(/C)CC)N(C)CC.CC.CC. The number of rotatable bonds is 5. The van der Waals surface area contributed by atoms with Gasteiger partial charge in [0.15, 0.2) is 0 Å². The van der Waals surface area contributed by atoms with Gasteiger partial charge in [0.1, 0.15) is 0 Å². The minimum absolute atomic E-state index is 1.04. The second-order valence-electron chi connectivity index (χ2n) is 3.13. The highest BCUT2D eigenvalue weighted by molar-refractivity contribution is 5.25. The predicted molar refractivity (Wildman–Crippen MR) is 83.3 cm³/mol. The van der Waals surface area contributed by atoms with Crippen molar-refractivity contribution < 1.29 is 0 Å². The topological polar surface area (TPSA) is 3.24 Å². The van der Waals surface area contributed by atoms with Crippen LogP contribution in [0.5, 0.6) is 0 Å². The molecule has 0 saturated heterocycles. The van der Waals surface area contributed by atoms with Crippen molar-refractivity contribution in [1.29, 1.82) is 0 Å². The fourth-order valence-electron chi connectivity index (χ4n) is 1.11. The first-order valence-corrected chi connectivity index (χ1v) is 6.87. The molecule has 0 rings (SSSR count). The molecule has 1 heteroatoms. The van der Waals surface area contributed by atoms with Crippen molar-refractivity contribution in [3.05, 3.63) is 36.1 Å². The number of hydrogen-bond acceptors (Lipinski definition) is 1. The summed E-state index contributed by atoms with van der Waals surface area (Å²) in [5, 5.41) is 0. The normalized spacial score (nSPS) is 10.6. The molecule has 0 aliphatic rings. The lowest BCUT2D eigenvalue weighted by Gasteiger charge is -2.20. The van der Waals surface area contributed by atoms with E-state index in [0.29, 0.717) is 0 Å². The lowest BCUT2D eigenvalue weighted by Crippen LogP contribution is -2.16. The number of allylic oxidation sites excluding steroid dienone is 4. The van der Waals surface area contributed by atoms with Gasteiger partial charge in [-0.3, -0.25) is 0 Å². The molecule has 0 spiro atoms. The van der Waals surface area contributed by atoms with Gasteiger partial charge in [-0.15, -0.1) is 0 Å². The molecule has 0 atom stereocenters. The lowest BCUT2D eigenvalue weighted by molar-refractivity contribution is 0.449. The summed E-state index contributed by atoms with van der Waals surface area (Å²) in [6.07, 6.45) is 7.02. The molecule has 0 aromatic rings. The molecule has 17 heavy (non-hydrogen) atoms. The molecule has 0 aromatic heterocycles. The summed E-state index contributed by atoms with van der Waals surface area (Å²) in [6, 6.07) is 0.